The SMILES string of the molecule is COc1cnc2nc(C)c(N)n2c1. The molecule has 0 unspecified atom stereocenters. The van der Waals surface area contributed by atoms with Crippen LogP contribution in [-0.2, 0) is 0 Å². The van der Waals surface area contributed by atoms with Crippen molar-refractivity contribution in [2.75, 3.05) is 12.8 Å². The second-order valence-electron chi connectivity index (χ2n) is 2.75. The van der Waals surface area contributed by atoms with Gasteiger partial charge in [0.25, 0.3) is 0 Å². The molecular weight excluding hydrogens is 168 g/mol. The van der Waals surface area contributed by atoms with E-state index in [0.29, 0.717) is 17.3 Å². The fourth-order valence-corrected chi connectivity index (χ4v) is 1.15. The van der Waals surface area contributed by atoms with E-state index in [1.807, 2.05) is 6.92 Å². The molecule has 0 aromatic carbocycles. The summed E-state index contributed by atoms with van der Waals surface area (Å²) in [6.07, 6.45) is 3.37. The first-order valence-electron chi connectivity index (χ1n) is 3.86. The number of anilines is 1. The predicted octanol–water partition coefficient (Wildman–Crippen LogP) is 0.629. The molecule has 2 rings (SSSR count). The summed E-state index contributed by atoms with van der Waals surface area (Å²) in [5, 5.41) is 0. The third-order valence-corrected chi connectivity index (χ3v) is 1.91. The molecule has 0 fully saturated rings. The molecule has 0 radical (unpaired) electrons. The first-order valence-corrected chi connectivity index (χ1v) is 3.86. The third kappa shape index (κ3) is 1.09. The maximum absolute atomic E-state index is 5.77. The van der Waals surface area contributed by atoms with E-state index in [-0.39, 0.29) is 0 Å². The average Bonchev–Trinajstić information content (AvgIpc) is 2.43. The second kappa shape index (κ2) is 2.62. The molecule has 2 N–H and O–H groups in total. The van der Waals surface area contributed by atoms with Crippen LogP contribution in [0.4, 0.5) is 5.82 Å². The van der Waals surface area contributed by atoms with Crippen molar-refractivity contribution in [1.82, 2.24) is 14.4 Å². The molecule has 0 bridgehead atoms. The minimum atomic E-state index is 0.593. The number of fused-ring (bicyclic) bond motifs is 1. The lowest BCUT2D eigenvalue weighted by molar-refractivity contribution is 0.410. The number of rotatable bonds is 1. The number of hydrogen-bond acceptors (Lipinski definition) is 4. The Bertz CT molecular complexity index is 449. The Kier molecular flexibility index (Phi) is 1.58. The van der Waals surface area contributed by atoms with E-state index in [9.17, 15) is 0 Å². The van der Waals surface area contributed by atoms with Crippen molar-refractivity contribution in [1.29, 1.82) is 0 Å². The van der Waals surface area contributed by atoms with E-state index in [4.69, 9.17) is 10.5 Å². The van der Waals surface area contributed by atoms with Crippen LogP contribution in [0.15, 0.2) is 12.4 Å². The molecule has 5 nitrogen and oxygen atoms in total. The Hall–Kier alpha value is -1.78. The van der Waals surface area contributed by atoms with Gasteiger partial charge in [-0.3, -0.25) is 4.40 Å². The Balaban J connectivity index is 2.75. The van der Waals surface area contributed by atoms with E-state index in [0.717, 1.165) is 5.69 Å². The summed E-state index contributed by atoms with van der Waals surface area (Å²) in [5.74, 6) is 1.86. The van der Waals surface area contributed by atoms with Crippen LogP contribution in [0.25, 0.3) is 5.78 Å². The maximum Gasteiger partial charge on any atom is 0.235 e. The van der Waals surface area contributed by atoms with Gasteiger partial charge >= 0.3 is 0 Å². The normalized spacial score (nSPS) is 10.6. The van der Waals surface area contributed by atoms with E-state index in [1.54, 1.807) is 23.9 Å². The number of imidazole rings is 1. The Morgan fingerprint density at radius 3 is 3.00 bits per heavy atom. The first-order chi connectivity index (χ1) is 6.22. The lowest BCUT2D eigenvalue weighted by Gasteiger charge is -1.99. The summed E-state index contributed by atoms with van der Waals surface area (Å²) >= 11 is 0. The molecule has 0 aliphatic heterocycles. The lowest BCUT2D eigenvalue weighted by atomic mass is 10.5. The highest BCUT2D eigenvalue weighted by molar-refractivity contribution is 5.48. The van der Waals surface area contributed by atoms with Gasteiger partial charge in [0.05, 0.1) is 25.2 Å². The van der Waals surface area contributed by atoms with Crippen LogP contribution in [0.5, 0.6) is 5.75 Å². The summed E-state index contributed by atoms with van der Waals surface area (Å²) in [6.45, 7) is 1.84. The summed E-state index contributed by atoms with van der Waals surface area (Å²) in [7, 11) is 1.59. The van der Waals surface area contributed by atoms with Crippen LogP contribution in [0.3, 0.4) is 0 Å². The summed E-state index contributed by atoms with van der Waals surface area (Å²) < 4.78 is 6.72. The molecule has 68 valence electrons. The minimum absolute atomic E-state index is 0.593. The molecule has 2 heterocycles. The molecule has 13 heavy (non-hydrogen) atoms. The second-order valence-corrected chi connectivity index (χ2v) is 2.75. The summed E-state index contributed by atoms with van der Waals surface area (Å²) in [6, 6.07) is 0. The van der Waals surface area contributed by atoms with Gasteiger partial charge in [-0.25, -0.2) is 9.97 Å². The standard InChI is InChI=1S/C8H10N4O/c1-5-7(9)12-4-6(13-2)3-10-8(12)11-5/h3-4H,9H2,1-2H3. The molecule has 2 aromatic rings. The Morgan fingerprint density at radius 2 is 2.31 bits per heavy atom. The molecule has 0 atom stereocenters. The highest BCUT2D eigenvalue weighted by Gasteiger charge is 2.06. The van der Waals surface area contributed by atoms with Crippen LogP contribution >= 0.6 is 0 Å². The zero-order chi connectivity index (χ0) is 9.42. The van der Waals surface area contributed by atoms with Crippen molar-refractivity contribution in [3.05, 3.63) is 18.1 Å². The van der Waals surface area contributed by atoms with Gasteiger partial charge in [0.15, 0.2) is 5.75 Å². The van der Waals surface area contributed by atoms with Crippen LogP contribution in [0, 0.1) is 6.92 Å². The van der Waals surface area contributed by atoms with E-state index in [1.165, 1.54) is 0 Å². The van der Waals surface area contributed by atoms with E-state index >= 15 is 0 Å². The number of hydrogen-bond donors (Lipinski definition) is 1. The van der Waals surface area contributed by atoms with E-state index < -0.39 is 0 Å². The van der Waals surface area contributed by atoms with Crippen molar-refractivity contribution in [3.8, 4) is 5.75 Å². The van der Waals surface area contributed by atoms with Crippen LogP contribution < -0.4 is 10.5 Å². The van der Waals surface area contributed by atoms with Crippen molar-refractivity contribution in [2.45, 2.75) is 6.92 Å². The molecule has 5 heteroatoms. The highest BCUT2D eigenvalue weighted by Crippen LogP contribution is 2.15. The van der Waals surface area contributed by atoms with Crippen molar-refractivity contribution >= 4 is 11.6 Å². The van der Waals surface area contributed by atoms with Gasteiger partial charge in [-0.2, -0.15) is 0 Å². The number of methoxy groups -OCH3 is 1. The summed E-state index contributed by atoms with van der Waals surface area (Å²) in [4.78, 5) is 8.24. The number of aryl methyl sites for hydroxylation is 1. The fraction of sp³-hybridized carbons (Fsp3) is 0.250. The largest absolute Gasteiger partial charge is 0.494 e. The van der Waals surface area contributed by atoms with Gasteiger partial charge in [0, 0.05) is 0 Å². The minimum Gasteiger partial charge on any atom is -0.494 e. The quantitative estimate of drug-likeness (QED) is 0.695. The molecule has 2 aromatic heterocycles. The molecule has 0 spiro atoms. The van der Waals surface area contributed by atoms with Crippen LogP contribution in [0.1, 0.15) is 5.69 Å². The van der Waals surface area contributed by atoms with Crippen molar-refractivity contribution in [2.24, 2.45) is 0 Å². The van der Waals surface area contributed by atoms with Gasteiger partial charge in [-0.05, 0) is 6.92 Å². The zero-order valence-electron chi connectivity index (χ0n) is 7.48. The van der Waals surface area contributed by atoms with Crippen molar-refractivity contribution < 1.29 is 4.74 Å². The average molecular weight is 178 g/mol. The van der Waals surface area contributed by atoms with Gasteiger partial charge in [0.1, 0.15) is 5.82 Å². The topological polar surface area (TPSA) is 65.4 Å². The smallest absolute Gasteiger partial charge is 0.235 e. The van der Waals surface area contributed by atoms with E-state index in [2.05, 4.69) is 9.97 Å². The third-order valence-electron chi connectivity index (χ3n) is 1.91. The maximum atomic E-state index is 5.77. The summed E-state index contributed by atoms with van der Waals surface area (Å²) in [5.41, 5.74) is 6.55. The lowest BCUT2D eigenvalue weighted by Crippen LogP contribution is -1.96. The van der Waals surface area contributed by atoms with Crippen LogP contribution in [0.2, 0.25) is 0 Å². The Morgan fingerprint density at radius 1 is 1.54 bits per heavy atom. The Labute approximate surface area is 75.2 Å². The van der Waals surface area contributed by atoms with Crippen molar-refractivity contribution in [3.63, 3.8) is 0 Å². The monoisotopic (exact) mass is 178 g/mol. The number of nitrogens with two attached hydrogens (primary N) is 1. The molecule has 0 saturated heterocycles. The predicted molar refractivity (Wildman–Crippen MR) is 48.7 cm³/mol. The number of ether oxygens (including phenoxy) is 1. The first kappa shape index (κ1) is 7.85. The zero-order valence-corrected chi connectivity index (χ0v) is 7.48. The molecule has 0 saturated carbocycles. The van der Waals surface area contributed by atoms with Crippen LogP contribution in [-0.4, -0.2) is 21.5 Å². The highest BCUT2D eigenvalue weighted by atomic mass is 16.5. The van der Waals surface area contributed by atoms with Gasteiger partial charge in [-0.15, -0.1) is 0 Å². The molecule has 0 aliphatic carbocycles. The van der Waals surface area contributed by atoms with Gasteiger partial charge in [-0.1, -0.05) is 0 Å². The fourth-order valence-electron chi connectivity index (χ4n) is 1.15. The molecule has 0 amide bonds. The number of nitrogen functional groups attached to an aromatic ring is 1. The number of nitrogens with zero attached hydrogens (tertiary/aromatic N) is 3. The van der Waals surface area contributed by atoms with Gasteiger partial charge < -0.3 is 10.5 Å². The number of aromatic nitrogens is 3. The van der Waals surface area contributed by atoms with Gasteiger partial charge in [0.2, 0.25) is 5.78 Å². The molecule has 0 aliphatic rings. The molecular formula is C8H10N4O.